The fourth-order valence-electron chi connectivity index (χ4n) is 3.58. The van der Waals surface area contributed by atoms with Gasteiger partial charge in [0.25, 0.3) is 0 Å². The summed E-state index contributed by atoms with van der Waals surface area (Å²) in [6.07, 6.45) is 5.35. The molecule has 146 valence electrons. The molecular weight excluding hydrogens is 356 g/mol. The van der Waals surface area contributed by atoms with Gasteiger partial charge in [0.1, 0.15) is 5.54 Å². The summed E-state index contributed by atoms with van der Waals surface area (Å²) in [5, 5.41) is 17.0. The Kier molecular flexibility index (Phi) is 4.85. The van der Waals surface area contributed by atoms with Gasteiger partial charge in [0.15, 0.2) is 5.82 Å². The molecule has 8 heteroatoms. The van der Waals surface area contributed by atoms with Crippen molar-refractivity contribution in [1.29, 1.82) is 0 Å². The first-order valence-electron chi connectivity index (χ1n) is 9.59. The van der Waals surface area contributed by atoms with Gasteiger partial charge >= 0.3 is 6.03 Å². The molecule has 0 bridgehead atoms. The van der Waals surface area contributed by atoms with Crippen molar-refractivity contribution < 1.29 is 9.32 Å². The first kappa shape index (κ1) is 18.2. The Labute approximate surface area is 163 Å². The molecule has 8 nitrogen and oxygen atoms in total. The number of carbonyl (C=O) groups is 1. The summed E-state index contributed by atoms with van der Waals surface area (Å²) in [6.45, 7) is 4.01. The second-order valence-corrected chi connectivity index (χ2v) is 7.53. The number of amides is 2. The molecule has 2 heterocycles. The summed E-state index contributed by atoms with van der Waals surface area (Å²) < 4.78 is 5.37. The largest absolute Gasteiger partial charge is 0.339 e. The van der Waals surface area contributed by atoms with Gasteiger partial charge in [0, 0.05) is 17.8 Å². The minimum absolute atomic E-state index is 0.155. The molecule has 0 spiro atoms. The Bertz CT molecular complexity index is 924. The van der Waals surface area contributed by atoms with E-state index in [0.29, 0.717) is 17.4 Å². The van der Waals surface area contributed by atoms with Crippen LogP contribution in [0.4, 0.5) is 10.5 Å². The number of rotatable bonds is 5. The van der Waals surface area contributed by atoms with Crippen molar-refractivity contribution in [3.05, 3.63) is 48.2 Å². The quantitative estimate of drug-likeness (QED) is 0.615. The van der Waals surface area contributed by atoms with E-state index in [9.17, 15) is 4.79 Å². The molecule has 0 aliphatic heterocycles. The van der Waals surface area contributed by atoms with Crippen LogP contribution in [0, 0.1) is 0 Å². The van der Waals surface area contributed by atoms with Crippen LogP contribution in [0.15, 0.2) is 41.1 Å². The summed E-state index contributed by atoms with van der Waals surface area (Å²) in [6, 6.07) is 9.22. The first-order valence-corrected chi connectivity index (χ1v) is 9.59. The summed E-state index contributed by atoms with van der Waals surface area (Å²) in [7, 11) is 0. The highest BCUT2D eigenvalue weighted by atomic mass is 16.5. The number of carbonyl (C=O) groups excluding carboxylic acids is 1. The van der Waals surface area contributed by atoms with Crippen LogP contribution in [-0.4, -0.2) is 26.4 Å². The number of anilines is 1. The van der Waals surface area contributed by atoms with Crippen LogP contribution in [0.3, 0.4) is 0 Å². The number of aromatic amines is 1. The van der Waals surface area contributed by atoms with Crippen LogP contribution in [0.1, 0.15) is 57.2 Å². The molecule has 0 atom stereocenters. The van der Waals surface area contributed by atoms with Gasteiger partial charge in [-0.3, -0.25) is 5.10 Å². The van der Waals surface area contributed by atoms with Crippen molar-refractivity contribution in [2.45, 2.75) is 51.0 Å². The summed E-state index contributed by atoms with van der Waals surface area (Å²) in [5.41, 5.74) is 2.07. The second kappa shape index (κ2) is 7.46. The second-order valence-electron chi connectivity index (χ2n) is 7.53. The number of nitrogens with zero attached hydrogens (tertiary/aromatic N) is 3. The van der Waals surface area contributed by atoms with Crippen LogP contribution in [0.2, 0.25) is 0 Å². The van der Waals surface area contributed by atoms with E-state index in [2.05, 4.69) is 31.0 Å². The molecule has 2 aromatic heterocycles. The maximum absolute atomic E-state index is 12.7. The number of hydrogen-bond acceptors (Lipinski definition) is 5. The van der Waals surface area contributed by atoms with E-state index < -0.39 is 5.54 Å². The molecular formula is C20H24N6O2. The summed E-state index contributed by atoms with van der Waals surface area (Å²) in [4.78, 5) is 17.2. The lowest BCUT2D eigenvalue weighted by atomic mass is 9.97. The number of nitrogens with one attached hydrogen (secondary N) is 3. The van der Waals surface area contributed by atoms with E-state index in [1.807, 2.05) is 44.2 Å². The topological polar surface area (TPSA) is 109 Å². The van der Waals surface area contributed by atoms with Crippen LogP contribution in [-0.2, 0) is 5.54 Å². The van der Waals surface area contributed by atoms with Crippen molar-refractivity contribution >= 4 is 11.7 Å². The van der Waals surface area contributed by atoms with Crippen LogP contribution >= 0.6 is 0 Å². The van der Waals surface area contributed by atoms with Gasteiger partial charge in [-0.05, 0) is 36.6 Å². The number of aromatic nitrogens is 4. The van der Waals surface area contributed by atoms with E-state index in [4.69, 9.17) is 4.52 Å². The fourth-order valence-corrected chi connectivity index (χ4v) is 3.58. The normalized spacial score (nSPS) is 15.7. The van der Waals surface area contributed by atoms with Crippen molar-refractivity contribution in [1.82, 2.24) is 25.7 Å². The molecule has 0 saturated heterocycles. The molecule has 2 amide bonds. The average Bonchev–Trinajstić information content (AvgIpc) is 3.43. The Morgan fingerprint density at radius 1 is 1.18 bits per heavy atom. The smallest absolute Gasteiger partial charge is 0.320 e. The molecule has 0 radical (unpaired) electrons. The highest BCUT2D eigenvalue weighted by Crippen LogP contribution is 2.37. The van der Waals surface area contributed by atoms with Gasteiger partial charge in [-0.2, -0.15) is 10.1 Å². The highest BCUT2D eigenvalue weighted by molar-refractivity contribution is 5.90. The van der Waals surface area contributed by atoms with Gasteiger partial charge in [0.2, 0.25) is 5.89 Å². The van der Waals surface area contributed by atoms with E-state index >= 15 is 0 Å². The van der Waals surface area contributed by atoms with Crippen molar-refractivity contribution in [3.63, 3.8) is 0 Å². The van der Waals surface area contributed by atoms with E-state index in [0.717, 1.165) is 36.9 Å². The number of benzene rings is 1. The number of urea groups is 1. The van der Waals surface area contributed by atoms with E-state index in [-0.39, 0.29) is 11.9 Å². The predicted octanol–water partition coefficient (Wildman–Crippen LogP) is 4.17. The third kappa shape index (κ3) is 3.62. The van der Waals surface area contributed by atoms with Crippen molar-refractivity contribution in [2.75, 3.05) is 5.32 Å². The van der Waals surface area contributed by atoms with E-state index in [1.54, 1.807) is 6.20 Å². The van der Waals surface area contributed by atoms with Gasteiger partial charge in [-0.1, -0.05) is 44.0 Å². The highest BCUT2D eigenvalue weighted by Gasteiger charge is 2.41. The number of H-pyrrole nitrogens is 1. The average molecular weight is 380 g/mol. The van der Waals surface area contributed by atoms with E-state index in [1.165, 1.54) is 0 Å². The SMILES string of the molecule is CC(C)c1nc(C2(NC(=O)Nc3ccc(-c4ccn[nH]4)cc3)CCCC2)no1. The van der Waals surface area contributed by atoms with Crippen molar-refractivity contribution in [2.24, 2.45) is 0 Å². The molecule has 0 unspecified atom stereocenters. The predicted molar refractivity (Wildman–Crippen MR) is 105 cm³/mol. The zero-order valence-electron chi connectivity index (χ0n) is 16.0. The Morgan fingerprint density at radius 3 is 2.54 bits per heavy atom. The maximum atomic E-state index is 12.7. The lowest BCUT2D eigenvalue weighted by Crippen LogP contribution is -2.46. The van der Waals surface area contributed by atoms with Gasteiger partial charge in [0.05, 0.1) is 5.69 Å². The Morgan fingerprint density at radius 2 is 1.93 bits per heavy atom. The zero-order chi connectivity index (χ0) is 19.6. The van der Waals surface area contributed by atoms with Crippen molar-refractivity contribution in [3.8, 4) is 11.3 Å². The van der Waals surface area contributed by atoms with Crippen LogP contribution in [0.5, 0.6) is 0 Å². The summed E-state index contributed by atoms with van der Waals surface area (Å²) in [5.74, 6) is 1.32. The fraction of sp³-hybridized carbons (Fsp3) is 0.400. The maximum Gasteiger partial charge on any atom is 0.320 e. The van der Waals surface area contributed by atoms with Crippen LogP contribution < -0.4 is 10.6 Å². The minimum Gasteiger partial charge on any atom is -0.339 e. The lowest BCUT2D eigenvalue weighted by Gasteiger charge is -2.26. The van der Waals surface area contributed by atoms with Crippen LogP contribution in [0.25, 0.3) is 11.3 Å². The third-order valence-electron chi connectivity index (χ3n) is 5.13. The monoisotopic (exact) mass is 380 g/mol. The first-order chi connectivity index (χ1) is 13.6. The van der Waals surface area contributed by atoms with Gasteiger partial charge in [-0.15, -0.1) is 0 Å². The van der Waals surface area contributed by atoms with Gasteiger partial charge in [-0.25, -0.2) is 4.79 Å². The van der Waals surface area contributed by atoms with Gasteiger partial charge < -0.3 is 15.2 Å². The molecule has 1 fully saturated rings. The Balaban J connectivity index is 1.46. The molecule has 1 aromatic carbocycles. The molecule has 3 aromatic rings. The third-order valence-corrected chi connectivity index (χ3v) is 5.13. The molecule has 3 N–H and O–H groups in total. The lowest BCUT2D eigenvalue weighted by molar-refractivity contribution is 0.232. The Hall–Kier alpha value is -3.16. The standard InChI is InChI=1S/C20H24N6O2/c1-13(2)17-23-18(26-28-17)20(10-3-4-11-20)24-19(27)22-15-7-5-14(6-8-15)16-9-12-21-25-16/h5-9,12-13H,3-4,10-11H2,1-2H3,(H,21,25)(H2,22,24,27). The molecule has 1 aliphatic carbocycles. The zero-order valence-corrected chi connectivity index (χ0v) is 16.0. The number of hydrogen-bond donors (Lipinski definition) is 3. The molecule has 1 aliphatic rings. The minimum atomic E-state index is -0.573. The molecule has 1 saturated carbocycles. The molecule has 28 heavy (non-hydrogen) atoms. The summed E-state index contributed by atoms with van der Waals surface area (Å²) >= 11 is 0. The molecule has 4 rings (SSSR count).